The van der Waals surface area contributed by atoms with E-state index in [1.807, 2.05) is 20.8 Å². The van der Waals surface area contributed by atoms with Gasteiger partial charge in [-0.3, -0.25) is 0 Å². The Morgan fingerprint density at radius 1 is 0.875 bits per heavy atom. The van der Waals surface area contributed by atoms with Crippen LogP contribution in [-0.2, 0) is 17.6 Å². The lowest BCUT2D eigenvalue weighted by molar-refractivity contribution is 0.0240. The van der Waals surface area contributed by atoms with Gasteiger partial charge < -0.3 is 19.4 Å². The second kappa shape index (κ2) is 8.26. The molecule has 3 aliphatic rings. The van der Waals surface area contributed by atoms with Crippen LogP contribution in [0.4, 0.5) is 16.4 Å². The molecule has 2 aliphatic heterocycles. The number of amides is 1. The zero-order valence-corrected chi connectivity index (χ0v) is 19.4. The van der Waals surface area contributed by atoms with Crippen molar-refractivity contribution in [2.75, 3.05) is 49.1 Å². The fourth-order valence-electron chi connectivity index (χ4n) is 4.62. The van der Waals surface area contributed by atoms with Crippen LogP contribution in [0.1, 0.15) is 44.9 Å². The molecule has 0 bridgehead atoms. The predicted octanol–water partition coefficient (Wildman–Crippen LogP) is 3.90. The largest absolute Gasteiger partial charge is 0.444 e. The summed E-state index contributed by atoms with van der Waals surface area (Å²) in [4.78, 5) is 28.6. The second-order valence-electron chi connectivity index (χ2n) is 9.99. The van der Waals surface area contributed by atoms with Gasteiger partial charge in [0.1, 0.15) is 5.60 Å². The van der Waals surface area contributed by atoms with E-state index < -0.39 is 5.60 Å². The Hall–Kier alpha value is -2.83. The van der Waals surface area contributed by atoms with Crippen LogP contribution in [0.3, 0.4) is 0 Å². The molecule has 1 amide bonds. The highest BCUT2D eigenvalue weighted by molar-refractivity contribution is 5.70. The predicted molar refractivity (Wildman–Crippen MR) is 126 cm³/mol. The molecule has 5 rings (SSSR count). The van der Waals surface area contributed by atoms with E-state index in [0.717, 1.165) is 50.7 Å². The highest BCUT2D eigenvalue weighted by atomic mass is 16.6. The highest BCUT2D eigenvalue weighted by Gasteiger charge is 2.27. The molecule has 32 heavy (non-hydrogen) atoms. The van der Waals surface area contributed by atoms with Gasteiger partial charge in [-0.25, -0.2) is 14.8 Å². The number of nitrogens with zero attached hydrogens (tertiary/aromatic N) is 5. The molecule has 7 nitrogen and oxygen atoms in total. The Labute approximate surface area is 190 Å². The Morgan fingerprint density at radius 2 is 1.59 bits per heavy atom. The monoisotopic (exact) mass is 435 g/mol. The minimum Gasteiger partial charge on any atom is -0.444 e. The Kier molecular flexibility index (Phi) is 5.43. The lowest BCUT2D eigenvalue weighted by Crippen LogP contribution is -2.50. The van der Waals surface area contributed by atoms with Crippen molar-refractivity contribution in [3.63, 3.8) is 0 Å². The number of anilines is 2. The van der Waals surface area contributed by atoms with Crippen LogP contribution >= 0.6 is 0 Å². The van der Waals surface area contributed by atoms with Crippen molar-refractivity contribution in [3.8, 4) is 11.3 Å². The van der Waals surface area contributed by atoms with Gasteiger partial charge in [-0.2, -0.15) is 0 Å². The van der Waals surface area contributed by atoms with Crippen molar-refractivity contribution in [1.29, 1.82) is 0 Å². The lowest BCUT2D eigenvalue weighted by Gasteiger charge is -2.36. The number of fused-ring (bicyclic) bond motifs is 1. The Bertz CT molecular complexity index is 987. The minimum absolute atomic E-state index is 0.219. The number of benzene rings is 1. The van der Waals surface area contributed by atoms with Crippen molar-refractivity contribution in [2.45, 2.75) is 52.1 Å². The third-order valence-corrected chi connectivity index (χ3v) is 6.50. The molecule has 7 heteroatoms. The zero-order chi connectivity index (χ0) is 22.3. The number of rotatable bonds is 3. The summed E-state index contributed by atoms with van der Waals surface area (Å²) in [5, 5.41) is 0. The molecule has 0 atom stereocenters. The first kappa shape index (κ1) is 21.0. The van der Waals surface area contributed by atoms with Crippen molar-refractivity contribution in [1.82, 2.24) is 14.9 Å². The Morgan fingerprint density at radius 3 is 2.22 bits per heavy atom. The summed E-state index contributed by atoms with van der Waals surface area (Å²) in [7, 11) is 0. The SMILES string of the molecule is CC(C)(C)OC(=O)N1CCN(c2ccc(-c3nc(N4CCC4)nc4c3CCC4)cc2)CC1. The Balaban J connectivity index is 1.29. The number of carbonyl (C=O) groups excluding carboxylic acids is 1. The van der Waals surface area contributed by atoms with Crippen LogP contribution in [0.15, 0.2) is 24.3 Å². The topological polar surface area (TPSA) is 61.8 Å². The van der Waals surface area contributed by atoms with E-state index in [0.29, 0.717) is 13.1 Å². The number of carbonyl (C=O) groups is 1. The molecule has 3 heterocycles. The van der Waals surface area contributed by atoms with E-state index in [2.05, 4.69) is 34.1 Å². The number of aryl methyl sites for hydroxylation is 1. The van der Waals surface area contributed by atoms with Gasteiger partial charge in [0.15, 0.2) is 0 Å². The molecule has 0 spiro atoms. The maximum Gasteiger partial charge on any atom is 0.410 e. The average Bonchev–Trinajstić information content (AvgIpc) is 3.20. The summed E-state index contributed by atoms with van der Waals surface area (Å²) in [5.74, 6) is 0.897. The third-order valence-electron chi connectivity index (χ3n) is 6.50. The van der Waals surface area contributed by atoms with Crippen molar-refractivity contribution >= 4 is 17.7 Å². The summed E-state index contributed by atoms with van der Waals surface area (Å²) in [6.45, 7) is 10.8. The van der Waals surface area contributed by atoms with Gasteiger partial charge in [0.2, 0.25) is 5.95 Å². The van der Waals surface area contributed by atoms with Gasteiger partial charge in [0.25, 0.3) is 0 Å². The van der Waals surface area contributed by atoms with E-state index in [4.69, 9.17) is 14.7 Å². The molecule has 2 saturated heterocycles. The van der Waals surface area contributed by atoms with Crippen LogP contribution in [-0.4, -0.2) is 65.8 Å². The van der Waals surface area contributed by atoms with Gasteiger partial charge in [-0.05, 0) is 58.6 Å². The average molecular weight is 436 g/mol. The van der Waals surface area contributed by atoms with Crippen LogP contribution in [0.25, 0.3) is 11.3 Å². The maximum atomic E-state index is 12.3. The second-order valence-corrected chi connectivity index (χ2v) is 9.99. The molecule has 1 aromatic carbocycles. The van der Waals surface area contributed by atoms with Crippen LogP contribution in [0, 0.1) is 0 Å². The molecular formula is C25H33N5O2. The zero-order valence-electron chi connectivity index (χ0n) is 19.4. The summed E-state index contributed by atoms with van der Waals surface area (Å²) in [6, 6.07) is 8.75. The molecule has 2 aromatic rings. The first-order chi connectivity index (χ1) is 15.4. The van der Waals surface area contributed by atoms with Crippen molar-refractivity contribution < 1.29 is 9.53 Å². The van der Waals surface area contributed by atoms with Crippen LogP contribution in [0.5, 0.6) is 0 Å². The number of hydrogen-bond donors (Lipinski definition) is 0. The van der Waals surface area contributed by atoms with Crippen molar-refractivity contribution in [2.24, 2.45) is 0 Å². The van der Waals surface area contributed by atoms with Crippen LogP contribution < -0.4 is 9.80 Å². The molecule has 1 aliphatic carbocycles. The number of ether oxygens (including phenoxy) is 1. The van der Waals surface area contributed by atoms with Gasteiger partial charge in [0.05, 0.1) is 5.69 Å². The third kappa shape index (κ3) is 4.25. The highest BCUT2D eigenvalue weighted by Crippen LogP contribution is 2.33. The molecule has 0 N–H and O–H groups in total. The number of aromatic nitrogens is 2. The normalized spacial score (nSPS) is 18.4. The molecule has 1 aromatic heterocycles. The number of hydrogen-bond acceptors (Lipinski definition) is 6. The van der Waals surface area contributed by atoms with Gasteiger partial charge in [0, 0.05) is 61.8 Å². The summed E-state index contributed by atoms with van der Waals surface area (Å²) >= 11 is 0. The van der Waals surface area contributed by atoms with E-state index >= 15 is 0 Å². The molecule has 0 radical (unpaired) electrons. The molecule has 2 fully saturated rings. The van der Waals surface area contributed by atoms with Gasteiger partial charge in [-0.15, -0.1) is 0 Å². The van der Waals surface area contributed by atoms with Gasteiger partial charge >= 0.3 is 6.09 Å². The molecule has 170 valence electrons. The van der Waals surface area contributed by atoms with E-state index in [1.54, 1.807) is 4.90 Å². The fraction of sp³-hybridized carbons (Fsp3) is 0.560. The van der Waals surface area contributed by atoms with E-state index in [1.165, 1.54) is 35.3 Å². The summed E-state index contributed by atoms with van der Waals surface area (Å²) < 4.78 is 5.51. The summed E-state index contributed by atoms with van der Waals surface area (Å²) in [5.41, 5.74) is 5.57. The lowest BCUT2D eigenvalue weighted by atomic mass is 10.0. The molecular weight excluding hydrogens is 402 g/mol. The van der Waals surface area contributed by atoms with Crippen molar-refractivity contribution in [3.05, 3.63) is 35.5 Å². The standard InChI is InChI=1S/C25H33N5O2/c1-25(2,3)32-24(31)30-16-14-28(15-17-30)19-10-8-18(9-11-19)22-20-6-4-7-21(20)26-23(27-22)29-12-5-13-29/h8-11H,4-7,12-17H2,1-3H3. The first-order valence-electron chi connectivity index (χ1n) is 11.9. The number of piperazine rings is 1. The smallest absolute Gasteiger partial charge is 0.410 e. The molecule has 0 saturated carbocycles. The first-order valence-corrected chi connectivity index (χ1v) is 11.9. The van der Waals surface area contributed by atoms with Crippen LogP contribution in [0.2, 0.25) is 0 Å². The van der Waals surface area contributed by atoms with E-state index in [9.17, 15) is 4.79 Å². The van der Waals surface area contributed by atoms with Gasteiger partial charge in [-0.1, -0.05) is 12.1 Å². The fourth-order valence-corrected chi connectivity index (χ4v) is 4.62. The van der Waals surface area contributed by atoms with E-state index in [-0.39, 0.29) is 6.09 Å². The summed E-state index contributed by atoms with van der Waals surface area (Å²) in [6.07, 6.45) is 4.31. The maximum absolute atomic E-state index is 12.3. The minimum atomic E-state index is -0.458. The molecule has 0 unspecified atom stereocenters. The quantitative estimate of drug-likeness (QED) is 0.729.